The van der Waals surface area contributed by atoms with Crippen molar-refractivity contribution < 1.29 is 9.15 Å². The summed E-state index contributed by atoms with van der Waals surface area (Å²) in [7, 11) is 0. The first-order valence-corrected chi connectivity index (χ1v) is 17.1. The fraction of sp³-hybridized carbons (Fsp3) is 0.0213. The minimum absolute atomic E-state index is 0.486. The number of anilines is 2. The molecule has 0 saturated carbocycles. The fourth-order valence-electron chi connectivity index (χ4n) is 8.56. The summed E-state index contributed by atoms with van der Waals surface area (Å²) in [4.78, 5) is 0. The van der Waals surface area contributed by atoms with E-state index in [1.165, 1.54) is 33.2 Å². The molecule has 234 valence electrons. The molecule has 0 bridgehead atoms. The van der Waals surface area contributed by atoms with E-state index in [1.54, 1.807) is 0 Å². The molecular formula is C47H29NO2. The van der Waals surface area contributed by atoms with Gasteiger partial charge >= 0.3 is 0 Å². The van der Waals surface area contributed by atoms with Gasteiger partial charge in [-0.1, -0.05) is 127 Å². The molecule has 1 N–H and O–H groups in total. The van der Waals surface area contributed by atoms with E-state index in [4.69, 9.17) is 9.15 Å². The Balaban J connectivity index is 0.989. The molecule has 3 nitrogen and oxygen atoms in total. The summed E-state index contributed by atoms with van der Waals surface area (Å²) in [6.45, 7) is 0. The molecule has 1 aliphatic carbocycles. The molecule has 50 heavy (non-hydrogen) atoms. The number of benzene rings is 8. The maximum absolute atomic E-state index is 6.81. The Hall–Kier alpha value is -6.58. The molecule has 2 aliphatic rings. The fourth-order valence-corrected chi connectivity index (χ4v) is 8.56. The van der Waals surface area contributed by atoms with Crippen molar-refractivity contribution in [1.82, 2.24) is 0 Å². The van der Waals surface area contributed by atoms with Crippen LogP contribution in [0.3, 0.4) is 0 Å². The molecule has 11 rings (SSSR count). The van der Waals surface area contributed by atoms with Crippen molar-refractivity contribution in [1.29, 1.82) is 0 Å². The third-order valence-corrected chi connectivity index (χ3v) is 10.7. The number of nitrogens with one attached hydrogen (secondary N) is 1. The Bertz CT molecular complexity index is 2780. The van der Waals surface area contributed by atoms with E-state index in [1.807, 2.05) is 0 Å². The predicted octanol–water partition coefficient (Wildman–Crippen LogP) is 12.6. The van der Waals surface area contributed by atoms with Crippen LogP contribution in [0.2, 0.25) is 0 Å². The summed E-state index contributed by atoms with van der Waals surface area (Å²) in [5.41, 5.74) is 12.9. The Morgan fingerprint density at radius 2 is 1.12 bits per heavy atom. The quantitative estimate of drug-likeness (QED) is 0.209. The summed E-state index contributed by atoms with van der Waals surface area (Å²) < 4.78 is 13.3. The Kier molecular flexibility index (Phi) is 5.59. The molecule has 3 heteroatoms. The second-order valence-corrected chi connectivity index (χ2v) is 13.3. The van der Waals surface area contributed by atoms with Gasteiger partial charge in [-0.15, -0.1) is 0 Å². The number of ether oxygens (including phenoxy) is 1. The van der Waals surface area contributed by atoms with E-state index in [0.717, 1.165) is 66.9 Å². The lowest BCUT2D eigenvalue weighted by atomic mass is 9.66. The van der Waals surface area contributed by atoms with Gasteiger partial charge in [-0.25, -0.2) is 0 Å². The zero-order valence-electron chi connectivity index (χ0n) is 27.0. The third-order valence-electron chi connectivity index (χ3n) is 10.7. The first-order valence-electron chi connectivity index (χ1n) is 17.1. The highest BCUT2D eigenvalue weighted by Gasteiger charge is 2.51. The summed E-state index contributed by atoms with van der Waals surface area (Å²) >= 11 is 0. The van der Waals surface area contributed by atoms with Crippen LogP contribution in [0.1, 0.15) is 22.3 Å². The van der Waals surface area contributed by atoms with E-state index in [0.29, 0.717) is 0 Å². The van der Waals surface area contributed by atoms with E-state index >= 15 is 0 Å². The van der Waals surface area contributed by atoms with Crippen LogP contribution in [0.25, 0.3) is 55.0 Å². The second-order valence-electron chi connectivity index (χ2n) is 13.3. The van der Waals surface area contributed by atoms with Crippen molar-refractivity contribution in [3.63, 3.8) is 0 Å². The molecule has 1 aliphatic heterocycles. The molecular weight excluding hydrogens is 611 g/mol. The van der Waals surface area contributed by atoms with Gasteiger partial charge in [0.2, 0.25) is 0 Å². The van der Waals surface area contributed by atoms with Crippen LogP contribution < -0.4 is 10.1 Å². The van der Waals surface area contributed by atoms with E-state index < -0.39 is 5.41 Å². The molecule has 0 fully saturated rings. The van der Waals surface area contributed by atoms with Crippen LogP contribution >= 0.6 is 0 Å². The van der Waals surface area contributed by atoms with Crippen LogP contribution in [0, 0.1) is 0 Å². The number of hydrogen-bond donors (Lipinski definition) is 1. The molecule has 8 aromatic carbocycles. The van der Waals surface area contributed by atoms with Gasteiger partial charge in [-0.3, -0.25) is 0 Å². The molecule has 0 radical (unpaired) electrons. The monoisotopic (exact) mass is 639 g/mol. The Labute approximate surface area is 289 Å². The van der Waals surface area contributed by atoms with Crippen molar-refractivity contribution in [2.75, 3.05) is 5.32 Å². The molecule has 0 unspecified atom stereocenters. The second kappa shape index (κ2) is 10.2. The summed E-state index contributed by atoms with van der Waals surface area (Å²) in [5, 5.41) is 8.32. The minimum atomic E-state index is -0.486. The maximum atomic E-state index is 6.81. The van der Waals surface area contributed by atoms with E-state index in [2.05, 4.69) is 175 Å². The molecule has 1 aromatic heterocycles. The Morgan fingerprint density at radius 1 is 0.460 bits per heavy atom. The number of hydrogen-bond acceptors (Lipinski definition) is 3. The van der Waals surface area contributed by atoms with Crippen LogP contribution in [-0.2, 0) is 5.41 Å². The zero-order valence-corrected chi connectivity index (χ0v) is 27.0. The van der Waals surface area contributed by atoms with Gasteiger partial charge in [0.05, 0.1) is 11.1 Å². The number of fused-ring (bicyclic) bond motifs is 14. The average Bonchev–Trinajstić information content (AvgIpc) is 3.70. The first kappa shape index (κ1) is 27.4. The lowest BCUT2D eigenvalue weighted by molar-refractivity contribution is 0.438. The molecule has 1 spiro atoms. The highest BCUT2D eigenvalue weighted by molar-refractivity contribution is 6.15. The van der Waals surface area contributed by atoms with Gasteiger partial charge in [0.15, 0.2) is 5.75 Å². The highest BCUT2D eigenvalue weighted by atomic mass is 16.5. The molecule has 0 amide bonds. The minimum Gasteiger partial charge on any atom is -0.455 e. The third kappa shape index (κ3) is 3.69. The first-order chi connectivity index (χ1) is 24.8. The maximum Gasteiger partial charge on any atom is 0.155 e. The van der Waals surface area contributed by atoms with Crippen LogP contribution in [0.4, 0.5) is 11.4 Å². The molecule has 0 saturated heterocycles. The standard InChI is InChI=1S/C47H29NO2/c1-2-11-33-30(10-1)22-27-37-36-26-23-31(28-44(36)50-45(33)37)29-20-24-32(25-21-29)48-42-18-9-17-41-46(42)49-43-19-8-7-16-40(43)47(41)38-14-5-3-12-34(38)35-13-4-6-15-39(35)47/h1-28,48H. The van der Waals surface area contributed by atoms with Crippen molar-refractivity contribution in [2.24, 2.45) is 0 Å². The largest absolute Gasteiger partial charge is 0.455 e. The molecule has 2 heterocycles. The van der Waals surface area contributed by atoms with Crippen molar-refractivity contribution >= 4 is 44.1 Å². The lowest BCUT2D eigenvalue weighted by Crippen LogP contribution is -2.32. The highest BCUT2D eigenvalue weighted by Crippen LogP contribution is 2.63. The predicted molar refractivity (Wildman–Crippen MR) is 204 cm³/mol. The number of para-hydroxylation sites is 2. The van der Waals surface area contributed by atoms with E-state index in [9.17, 15) is 0 Å². The smallest absolute Gasteiger partial charge is 0.155 e. The van der Waals surface area contributed by atoms with Crippen LogP contribution in [0.5, 0.6) is 11.5 Å². The Morgan fingerprint density at radius 3 is 1.94 bits per heavy atom. The molecule has 9 aromatic rings. The van der Waals surface area contributed by atoms with Crippen molar-refractivity contribution in [3.8, 4) is 33.8 Å². The van der Waals surface area contributed by atoms with Gasteiger partial charge in [0.1, 0.15) is 16.9 Å². The summed E-state index contributed by atoms with van der Waals surface area (Å²) in [5.74, 6) is 1.73. The van der Waals surface area contributed by atoms with Gasteiger partial charge in [-0.05, 0) is 81.2 Å². The summed E-state index contributed by atoms with van der Waals surface area (Å²) in [6.07, 6.45) is 0. The van der Waals surface area contributed by atoms with Crippen LogP contribution in [0.15, 0.2) is 174 Å². The average molecular weight is 640 g/mol. The SMILES string of the molecule is c1ccc2c(c1)Oc1c(Nc3ccc(-c4ccc5c(c4)oc4c6ccccc6ccc54)cc3)cccc1C21c2ccccc2-c2ccccc21. The molecule has 0 atom stereocenters. The van der Waals surface area contributed by atoms with Gasteiger partial charge < -0.3 is 14.5 Å². The number of rotatable bonds is 3. The van der Waals surface area contributed by atoms with Crippen molar-refractivity contribution in [2.45, 2.75) is 5.41 Å². The van der Waals surface area contributed by atoms with Gasteiger partial charge in [0.25, 0.3) is 0 Å². The van der Waals surface area contributed by atoms with Crippen LogP contribution in [-0.4, -0.2) is 0 Å². The van der Waals surface area contributed by atoms with Crippen molar-refractivity contribution in [3.05, 3.63) is 192 Å². The van der Waals surface area contributed by atoms with Gasteiger partial charge in [-0.2, -0.15) is 0 Å². The lowest BCUT2D eigenvalue weighted by Gasteiger charge is -2.40. The zero-order chi connectivity index (χ0) is 32.8. The normalized spacial score (nSPS) is 13.5. The van der Waals surface area contributed by atoms with Gasteiger partial charge in [0, 0.05) is 33.0 Å². The topological polar surface area (TPSA) is 34.4 Å². The summed E-state index contributed by atoms with van der Waals surface area (Å²) in [6, 6.07) is 60.5. The number of furan rings is 1. The van der Waals surface area contributed by atoms with E-state index in [-0.39, 0.29) is 0 Å².